The Morgan fingerprint density at radius 1 is 1.06 bits per heavy atom. The van der Waals surface area contributed by atoms with Crippen molar-refractivity contribution in [2.75, 3.05) is 28.3 Å². The normalized spacial score (nSPS) is 12.5. The van der Waals surface area contributed by atoms with E-state index in [4.69, 9.17) is 13.9 Å². The van der Waals surface area contributed by atoms with E-state index in [1.54, 1.807) is 49.4 Å². The first-order chi connectivity index (χ1) is 14.9. The van der Waals surface area contributed by atoms with Gasteiger partial charge in [-0.3, -0.25) is 9.52 Å². The summed E-state index contributed by atoms with van der Waals surface area (Å²) in [6, 6.07) is 11.7. The van der Waals surface area contributed by atoms with Crippen LogP contribution in [0.15, 0.2) is 52.1 Å². The Hall–Kier alpha value is -3.25. The van der Waals surface area contributed by atoms with Crippen LogP contribution >= 0.6 is 11.8 Å². The zero-order valence-corrected chi connectivity index (χ0v) is 18.0. The molecule has 12 heteroatoms. The number of carbonyl (C=O) groups excluding carboxylic acids is 1. The number of nitrogens with one attached hydrogen (secondary N) is 2. The summed E-state index contributed by atoms with van der Waals surface area (Å²) in [5, 5.41) is 10.9. The summed E-state index contributed by atoms with van der Waals surface area (Å²) in [5.41, 5.74) is 1.67. The first kappa shape index (κ1) is 21.0. The van der Waals surface area contributed by atoms with Gasteiger partial charge in [0.25, 0.3) is 5.22 Å². The number of rotatable bonds is 8. The first-order valence-electron chi connectivity index (χ1n) is 9.18. The van der Waals surface area contributed by atoms with Gasteiger partial charge in [-0.15, -0.1) is 10.2 Å². The van der Waals surface area contributed by atoms with E-state index in [1.165, 1.54) is 0 Å². The quantitative estimate of drug-likeness (QED) is 0.485. The van der Waals surface area contributed by atoms with Crippen molar-refractivity contribution in [1.29, 1.82) is 0 Å². The minimum absolute atomic E-state index is 0.0127. The Labute approximate surface area is 182 Å². The van der Waals surface area contributed by atoms with Crippen molar-refractivity contribution in [2.24, 2.45) is 0 Å². The van der Waals surface area contributed by atoms with Crippen LogP contribution in [0.25, 0.3) is 11.5 Å². The van der Waals surface area contributed by atoms with Gasteiger partial charge in [0.2, 0.25) is 28.6 Å². The molecule has 3 aromatic rings. The number of benzene rings is 2. The third-order valence-electron chi connectivity index (χ3n) is 4.17. The van der Waals surface area contributed by atoms with E-state index in [9.17, 15) is 13.2 Å². The fourth-order valence-electron chi connectivity index (χ4n) is 2.62. The molecular formula is C19H18N4O6S2. The summed E-state index contributed by atoms with van der Waals surface area (Å²) in [6.07, 6.45) is 0. The molecule has 31 heavy (non-hydrogen) atoms. The lowest BCUT2D eigenvalue weighted by molar-refractivity contribution is -0.113. The predicted octanol–water partition coefficient (Wildman–Crippen LogP) is 2.96. The second-order valence-corrected chi connectivity index (χ2v) is 9.30. The molecule has 0 atom stereocenters. The Morgan fingerprint density at radius 2 is 1.81 bits per heavy atom. The number of thioether (sulfide) groups is 1. The fraction of sp³-hybridized carbons (Fsp3) is 0.211. The first-order valence-corrected chi connectivity index (χ1v) is 11.8. The predicted molar refractivity (Wildman–Crippen MR) is 115 cm³/mol. The molecular weight excluding hydrogens is 444 g/mol. The monoisotopic (exact) mass is 462 g/mol. The van der Waals surface area contributed by atoms with Crippen molar-refractivity contribution in [3.05, 3.63) is 42.5 Å². The highest BCUT2D eigenvalue weighted by Gasteiger charge is 2.15. The van der Waals surface area contributed by atoms with E-state index in [0.29, 0.717) is 28.4 Å². The third-order valence-corrected chi connectivity index (χ3v) is 6.30. The van der Waals surface area contributed by atoms with E-state index >= 15 is 0 Å². The standard InChI is InChI=1S/C19H18N4O6S2/c1-2-31(25,26)23-13-5-3-12(4-6-13)18-21-22-19(29-18)30-10-17(24)20-14-7-8-15-16(9-14)28-11-27-15/h3-9,23H,2,10-11H2,1H3,(H,20,24). The number of ether oxygens (including phenoxy) is 2. The summed E-state index contributed by atoms with van der Waals surface area (Å²) in [7, 11) is -3.34. The maximum atomic E-state index is 12.2. The van der Waals surface area contributed by atoms with E-state index in [-0.39, 0.29) is 35.3 Å². The molecule has 0 saturated heterocycles. The number of nitrogens with zero attached hydrogens (tertiary/aromatic N) is 2. The number of fused-ring (bicyclic) bond motifs is 1. The van der Waals surface area contributed by atoms with Gasteiger partial charge in [0.05, 0.1) is 11.5 Å². The maximum absolute atomic E-state index is 12.2. The Morgan fingerprint density at radius 3 is 2.58 bits per heavy atom. The fourth-order valence-corrected chi connectivity index (χ4v) is 3.82. The molecule has 0 saturated carbocycles. The van der Waals surface area contributed by atoms with Crippen LogP contribution in [0.5, 0.6) is 11.5 Å². The minimum atomic E-state index is -3.34. The number of anilines is 2. The van der Waals surface area contributed by atoms with Gasteiger partial charge >= 0.3 is 0 Å². The van der Waals surface area contributed by atoms with E-state index in [1.807, 2.05) is 0 Å². The van der Waals surface area contributed by atoms with Gasteiger partial charge in [-0.1, -0.05) is 11.8 Å². The molecule has 0 unspecified atom stereocenters. The van der Waals surface area contributed by atoms with E-state index in [0.717, 1.165) is 11.8 Å². The highest BCUT2D eigenvalue weighted by molar-refractivity contribution is 7.99. The summed E-state index contributed by atoms with van der Waals surface area (Å²) >= 11 is 1.10. The van der Waals surface area contributed by atoms with Gasteiger partial charge < -0.3 is 19.2 Å². The van der Waals surface area contributed by atoms with Crippen LogP contribution in [0.2, 0.25) is 0 Å². The number of aromatic nitrogens is 2. The van der Waals surface area contributed by atoms with Crippen LogP contribution in [0.3, 0.4) is 0 Å². The number of carbonyl (C=O) groups is 1. The van der Waals surface area contributed by atoms with Gasteiger partial charge in [-0.2, -0.15) is 0 Å². The molecule has 0 spiro atoms. The lowest BCUT2D eigenvalue weighted by atomic mass is 10.2. The van der Waals surface area contributed by atoms with Crippen molar-refractivity contribution in [3.8, 4) is 23.0 Å². The Bertz CT molecular complexity index is 1190. The van der Waals surface area contributed by atoms with Crippen molar-refractivity contribution in [2.45, 2.75) is 12.1 Å². The highest BCUT2D eigenvalue weighted by atomic mass is 32.2. The van der Waals surface area contributed by atoms with Crippen molar-refractivity contribution in [1.82, 2.24) is 10.2 Å². The van der Waals surface area contributed by atoms with Crippen LogP contribution in [0.1, 0.15) is 6.92 Å². The largest absolute Gasteiger partial charge is 0.454 e. The van der Waals surface area contributed by atoms with Gasteiger partial charge in [0.15, 0.2) is 11.5 Å². The molecule has 0 fully saturated rings. The van der Waals surface area contributed by atoms with Crippen LogP contribution < -0.4 is 19.5 Å². The van der Waals surface area contributed by atoms with Crippen LogP contribution in [0, 0.1) is 0 Å². The molecule has 162 valence electrons. The number of sulfonamides is 1. The summed E-state index contributed by atoms with van der Waals surface area (Å²) in [6.45, 7) is 1.73. The molecule has 1 aliphatic heterocycles. The SMILES string of the molecule is CCS(=O)(=O)Nc1ccc(-c2nnc(SCC(=O)Nc3ccc4c(c3)OCO4)o2)cc1. The van der Waals surface area contributed by atoms with Crippen molar-refractivity contribution >= 4 is 39.1 Å². The second-order valence-electron chi connectivity index (χ2n) is 6.36. The lowest BCUT2D eigenvalue weighted by Crippen LogP contribution is -2.14. The van der Waals surface area contributed by atoms with Crippen molar-refractivity contribution < 1.29 is 27.1 Å². The maximum Gasteiger partial charge on any atom is 0.277 e. The Kier molecular flexibility index (Phi) is 6.00. The third kappa shape index (κ3) is 5.27. The molecule has 0 aliphatic carbocycles. The Balaban J connectivity index is 1.32. The topological polar surface area (TPSA) is 133 Å². The zero-order chi connectivity index (χ0) is 21.8. The zero-order valence-electron chi connectivity index (χ0n) is 16.3. The van der Waals surface area contributed by atoms with Crippen molar-refractivity contribution in [3.63, 3.8) is 0 Å². The van der Waals surface area contributed by atoms with Gasteiger partial charge in [-0.05, 0) is 43.3 Å². The molecule has 1 aliphatic rings. The van der Waals surface area contributed by atoms with Gasteiger partial charge in [0.1, 0.15) is 0 Å². The van der Waals surface area contributed by atoms with E-state index in [2.05, 4.69) is 20.2 Å². The molecule has 0 radical (unpaired) electrons. The second kappa shape index (κ2) is 8.86. The summed E-state index contributed by atoms with van der Waals surface area (Å²) in [5.74, 6) is 1.32. The number of hydrogen-bond donors (Lipinski definition) is 2. The van der Waals surface area contributed by atoms with Crippen LogP contribution in [0.4, 0.5) is 11.4 Å². The van der Waals surface area contributed by atoms with Gasteiger partial charge in [0, 0.05) is 23.0 Å². The molecule has 10 nitrogen and oxygen atoms in total. The smallest absolute Gasteiger partial charge is 0.277 e. The summed E-state index contributed by atoms with van der Waals surface area (Å²) in [4.78, 5) is 12.2. The molecule has 0 bridgehead atoms. The molecule has 2 aromatic carbocycles. The minimum Gasteiger partial charge on any atom is -0.454 e. The molecule has 2 N–H and O–H groups in total. The average Bonchev–Trinajstić information content (AvgIpc) is 3.42. The number of hydrogen-bond acceptors (Lipinski definition) is 9. The number of amides is 1. The van der Waals surface area contributed by atoms with Crippen LogP contribution in [-0.4, -0.2) is 42.8 Å². The molecule has 4 rings (SSSR count). The molecule has 1 amide bonds. The average molecular weight is 463 g/mol. The molecule has 1 aromatic heterocycles. The van der Waals surface area contributed by atoms with Crippen LogP contribution in [-0.2, 0) is 14.8 Å². The molecule has 2 heterocycles. The highest BCUT2D eigenvalue weighted by Crippen LogP contribution is 2.34. The summed E-state index contributed by atoms with van der Waals surface area (Å²) < 4.78 is 41.8. The van der Waals surface area contributed by atoms with E-state index < -0.39 is 10.0 Å². The van der Waals surface area contributed by atoms with Gasteiger partial charge in [-0.25, -0.2) is 8.42 Å². The lowest BCUT2D eigenvalue weighted by Gasteiger charge is -2.05.